The van der Waals surface area contributed by atoms with Crippen molar-refractivity contribution in [1.82, 2.24) is 0 Å². The van der Waals surface area contributed by atoms with Crippen LogP contribution in [0.2, 0.25) is 0 Å². The lowest BCUT2D eigenvalue weighted by molar-refractivity contribution is -0.114. The summed E-state index contributed by atoms with van der Waals surface area (Å²) in [6, 6.07) is 18.4. The first-order valence-electron chi connectivity index (χ1n) is 12.7. The molecule has 190 valence electrons. The van der Waals surface area contributed by atoms with Crippen molar-refractivity contribution in [3.05, 3.63) is 95.1 Å². The fourth-order valence-electron chi connectivity index (χ4n) is 3.98. The summed E-state index contributed by atoms with van der Waals surface area (Å²) < 4.78 is 5.87. The van der Waals surface area contributed by atoms with Crippen LogP contribution in [0.1, 0.15) is 61.3 Å². The number of rotatable bonds is 14. The van der Waals surface area contributed by atoms with Crippen molar-refractivity contribution in [2.24, 2.45) is 0 Å². The fraction of sp³-hybridized carbons (Fsp3) is 0.323. The molecule has 36 heavy (non-hydrogen) atoms. The van der Waals surface area contributed by atoms with Crippen LogP contribution in [0.3, 0.4) is 0 Å². The number of ketones is 1. The highest BCUT2D eigenvalue weighted by atomic mass is 16.5. The smallest absolute Gasteiger partial charge is 0.161 e. The molecular formula is C31H37NO4. The standard InChI is InChI=1S/C31H37NO4/c1-2-3-4-5-6-7-28(33)15-10-24-12-17-30(35)31(22-24)36-19-18-25-11-16-29(34)26(21-25)20-23-8-13-27(32)14-9-23/h6-9,11-14,16-17,21-22,34-35H,2-5,10,15,18-20,32H2,1H3. The third kappa shape index (κ3) is 8.81. The highest BCUT2D eigenvalue weighted by molar-refractivity contribution is 5.89. The maximum Gasteiger partial charge on any atom is 0.161 e. The average molecular weight is 488 g/mol. The van der Waals surface area contributed by atoms with Gasteiger partial charge in [0.1, 0.15) is 5.75 Å². The second-order valence-electron chi connectivity index (χ2n) is 9.15. The second kappa shape index (κ2) is 14.0. The summed E-state index contributed by atoms with van der Waals surface area (Å²) in [5, 5.41) is 20.5. The van der Waals surface area contributed by atoms with E-state index in [9.17, 15) is 15.0 Å². The molecule has 3 aromatic carbocycles. The highest BCUT2D eigenvalue weighted by Gasteiger charge is 2.08. The van der Waals surface area contributed by atoms with Crippen molar-refractivity contribution < 1.29 is 19.7 Å². The molecule has 0 heterocycles. The van der Waals surface area contributed by atoms with Crippen molar-refractivity contribution in [3.63, 3.8) is 0 Å². The van der Waals surface area contributed by atoms with Crippen LogP contribution >= 0.6 is 0 Å². The molecule has 0 aromatic heterocycles. The molecule has 0 bridgehead atoms. The van der Waals surface area contributed by atoms with Gasteiger partial charge in [-0.05, 0) is 77.9 Å². The Kier molecular flexibility index (Phi) is 10.4. The van der Waals surface area contributed by atoms with E-state index in [1.165, 1.54) is 12.8 Å². The zero-order valence-corrected chi connectivity index (χ0v) is 21.1. The van der Waals surface area contributed by atoms with E-state index in [0.29, 0.717) is 43.7 Å². The van der Waals surface area contributed by atoms with E-state index in [1.807, 2.05) is 48.5 Å². The Morgan fingerprint density at radius 1 is 0.889 bits per heavy atom. The average Bonchev–Trinajstić information content (AvgIpc) is 2.87. The van der Waals surface area contributed by atoms with Gasteiger partial charge in [-0.25, -0.2) is 0 Å². The number of allylic oxidation sites excluding steroid dienone is 2. The number of carbonyl (C=O) groups is 1. The van der Waals surface area contributed by atoms with Gasteiger partial charge in [-0.1, -0.05) is 56.2 Å². The number of aromatic hydroxyl groups is 2. The van der Waals surface area contributed by atoms with Crippen LogP contribution in [0, 0.1) is 0 Å². The minimum absolute atomic E-state index is 0.0793. The topological polar surface area (TPSA) is 92.8 Å². The first-order chi connectivity index (χ1) is 17.4. The van der Waals surface area contributed by atoms with E-state index in [4.69, 9.17) is 10.5 Å². The third-order valence-corrected chi connectivity index (χ3v) is 6.13. The number of nitrogen functional groups attached to an aromatic ring is 1. The number of aryl methyl sites for hydroxylation is 1. The molecule has 0 atom stereocenters. The van der Waals surface area contributed by atoms with Gasteiger partial charge in [0.25, 0.3) is 0 Å². The molecule has 3 aromatic rings. The first kappa shape index (κ1) is 26.9. The van der Waals surface area contributed by atoms with E-state index in [0.717, 1.165) is 35.1 Å². The Labute approximate surface area is 214 Å². The Hall–Kier alpha value is -3.73. The van der Waals surface area contributed by atoms with E-state index in [-0.39, 0.29) is 17.3 Å². The van der Waals surface area contributed by atoms with Gasteiger partial charge in [0.05, 0.1) is 6.61 Å². The maximum absolute atomic E-state index is 12.1. The van der Waals surface area contributed by atoms with Crippen LogP contribution in [0.15, 0.2) is 72.8 Å². The van der Waals surface area contributed by atoms with Crippen molar-refractivity contribution in [3.8, 4) is 17.2 Å². The molecule has 0 radical (unpaired) electrons. The molecule has 0 aliphatic carbocycles. The molecule has 5 heteroatoms. The molecular weight excluding hydrogens is 450 g/mol. The number of unbranched alkanes of at least 4 members (excludes halogenated alkanes) is 3. The van der Waals surface area contributed by atoms with Gasteiger partial charge in [-0.2, -0.15) is 0 Å². The molecule has 0 aliphatic heterocycles. The summed E-state index contributed by atoms with van der Waals surface area (Å²) in [7, 11) is 0. The molecule has 0 aliphatic rings. The number of phenolic OH excluding ortho intramolecular Hbond substituents is 2. The van der Waals surface area contributed by atoms with E-state index < -0.39 is 0 Å². The Morgan fingerprint density at radius 3 is 2.33 bits per heavy atom. The van der Waals surface area contributed by atoms with Gasteiger partial charge in [0.2, 0.25) is 0 Å². The lowest BCUT2D eigenvalue weighted by atomic mass is 10.0. The molecule has 0 amide bonds. The van der Waals surface area contributed by atoms with Crippen LogP contribution in [0.25, 0.3) is 0 Å². The van der Waals surface area contributed by atoms with Crippen molar-refractivity contribution >= 4 is 11.5 Å². The Morgan fingerprint density at radius 2 is 1.58 bits per heavy atom. The van der Waals surface area contributed by atoms with Crippen LogP contribution in [-0.2, 0) is 24.1 Å². The number of benzene rings is 3. The van der Waals surface area contributed by atoms with Crippen LogP contribution < -0.4 is 10.5 Å². The van der Waals surface area contributed by atoms with Crippen molar-refractivity contribution in [2.45, 2.75) is 58.3 Å². The summed E-state index contributed by atoms with van der Waals surface area (Å²) in [5.41, 5.74) is 10.4. The lowest BCUT2D eigenvalue weighted by Gasteiger charge is -2.11. The van der Waals surface area contributed by atoms with Crippen LogP contribution in [0.5, 0.6) is 17.2 Å². The summed E-state index contributed by atoms with van der Waals surface area (Å²) in [6.45, 7) is 2.54. The fourth-order valence-corrected chi connectivity index (χ4v) is 3.98. The lowest BCUT2D eigenvalue weighted by Crippen LogP contribution is -2.03. The molecule has 3 rings (SSSR count). The minimum Gasteiger partial charge on any atom is -0.508 e. The van der Waals surface area contributed by atoms with Gasteiger partial charge in [-0.15, -0.1) is 0 Å². The minimum atomic E-state index is 0.0793. The van der Waals surface area contributed by atoms with Crippen LogP contribution in [0.4, 0.5) is 5.69 Å². The molecule has 0 spiro atoms. The monoisotopic (exact) mass is 487 g/mol. The number of nitrogens with two attached hydrogens (primary N) is 1. The molecule has 0 fully saturated rings. The van der Waals surface area contributed by atoms with Gasteiger partial charge in [0.15, 0.2) is 17.3 Å². The number of hydrogen-bond donors (Lipinski definition) is 3. The SMILES string of the molecule is CCCCCC=CC(=O)CCc1ccc(O)c(OCCc2ccc(O)c(Cc3ccc(N)cc3)c2)c1. The van der Waals surface area contributed by atoms with Crippen molar-refractivity contribution in [1.29, 1.82) is 0 Å². The molecule has 0 saturated carbocycles. The largest absolute Gasteiger partial charge is 0.508 e. The van der Waals surface area contributed by atoms with E-state index in [1.54, 1.807) is 24.3 Å². The van der Waals surface area contributed by atoms with E-state index in [2.05, 4.69) is 6.92 Å². The zero-order chi connectivity index (χ0) is 25.8. The zero-order valence-electron chi connectivity index (χ0n) is 21.1. The summed E-state index contributed by atoms with van der Waals surface area (Å²) in [4.78, 5) is 12.1. The molecule has 4 N–H and O–H groups in total. The Bertz CT molecular complexity index is 1150. The maximum atomic E-state index is 12.1. The number of hydrogen-bond acceptors (Lipinski definition) is 5. The number of phenols is 2. The number of ether oxygens (including phenoxy) is 1. The predicted octanol–water partition coefficient (Wildman–Crippen LogP) is 6.53. The van der Waals surface area contributed by atoms with Crippen molar-refractivity contribution in [2.75, 3.05) is 12.3 Å². The third-order valence-electron chi connectivity index (χ3n) is 6.13. The quantitative estimate of drug-likeness (QED) is 0.137. The van der Waals surface area contributed by atoms with E-state index >= 15 is 0 Å². The molecule has 5 nitrogen and oxygen atoms in total. The van der Waals surface area contributed by atoms with Gasteiger partial charge in [0, 0.05) is 24.9 Å². The summed E-state index contributed by atoms with van der Waals surface area (Å²) in [5.74, 6) is 0.864. The summed E-state index contributed by atoms with van der Waals surface area (Å²) in [6.07, 6.45) is 10.3. The summed E-state index contributed by atoms with van der Waals surface area (Å²) >= 11 is 0. The number of anilines is 1. The highest BCUT2D eigenvalue weighted by Crippen LogP contribution is 2.28. The molecule has 0 saturated heterocycles. The Balaban J connectivity index is 1.51. The van der Waals surface area contributed by atoms with Gasteiger partial charge < -0.3 is 20.7 Å². The normalized spacial score (nSPS) is 11.1. The second-order valence-corrected chi connectivity index (χ2v) is 9.15. The van der Waals surface area contributed by atoms with Crippen LogP contribution in [-0.4, -0.2) is 22.6 Å². The number of carbonyl (C=O) groups excluding carboxylic acids is 1. The predicted molar refractivity (Wildman–Crippen MR) is 146 cm³/mol. The first-order valence-corrected chi connectivity index (χ1v) is 12.7. The van der Waals surface area contributed by atoms with Gasteiger partial charge in [-0.3, -0.25) is 4.79 Å². The van der Waals surface area contributed by atoms with Gasteiger partial charge >= 0.3 is 0 Å². The molecule has 0 unspecified atom stereocenters.